The van der Waals surface area contributed by atoms with Crippen LogP contribution in [0.3, 0.4) is 0 Å². The summed E-state index contributed by atoms with van der Waals surface area (Å²) in [4.78, 5) is 23.7. The third-order valence-electron chi connectivity index (χ3n) is 5.27. The number of hydrogen-bond acceptors (Lipinski definition) is 6. The van der Waals surface area contributed by atoms with Gasteiger partial charge in [-0.05, 0) is 48.5 Å². The highest BCUT2D eigenvalue weighted by Crippen LogP contribution is 2.27. The second kappa shape index (κ2) is 9.72. The smallest absolute Gasteiger partial charge is 0.323 e. The van der Waals surface area contributed by atoms with Gasteiger partial charge in [0.05, 0.1) is 30.4 Å². The summed E-state index contributed by atoms with van der Waals surface area (Å²) in [6.07, 6.45) is 1.78. The molecule has 34 heavy (non-hydrogen) atoms. The first-order valence-corrected chi connectivity index (χ1v) is 10.8. The summed E-state index contributed by atoms with van der Waals surface area (Å²) in [7, 11) is 0. The van der Waals surface area contributed by atoms with E-state index in [1.807, 2.05) is 18.2 Å². The van der Waals surface area contributed by atoms with E-state index in [1.54, 1.807) is 30.5 Å². The molecule has 0 bridgehead atoms. The van der Waals surface area contributed by atoms with Crippen LogP contribution in [0.25, 0.3) is 11.0 Å². The predicted molar refractivity (Wildman–Crippen MR) is 128 cm³/mol. The van der Waals surface area contributed by atoms with Crippen LogP contribution in [0.15, 0.2) is 72.9 Å². The van der Waals surface area contributed by atoms with Gasteiger partial charge < -0.3 is 25.0 Å². The summed E-state index contributed by atoms with van der Waals surface area (Å²) in [5.41, 5.74) is 2.54. The van der Waals surface area contributed by atoms with E-state index in [1.165, 1.54) is 24.3 Å². The summed E-state index contributed by atoms with van der Waals surface area (Å²) in [5.74, 6) is 1.60. The van der Waals surface area contributed by atoms with Crippen molar-refractivity contribution in [1.82, 2.24) is 9.97 Å². The van der Waals surface area contributed by atoms with Gasteiger partial charge in [-0.2, -0.15) is 0 Å². The molecular formula is C25H22FN5O3. The molecule has 0 unspecified atom stereocenters. The maximum absolute atomic E-state index is 13.0. The number of carbonyl (C=O) groups excluding carboxylic acids is 1. The molecule has 2 N–H and O–H groups in total. The van der Waals surface area contributed by atoms with E-state index in [2.05, 4.69) is 20.5 Å². The molecule has 3 aromatic carbocycles. The van der Waals surface area contributed by atoms with Crippen LogP contribution in [0.5, 0.6) is 11.5 Å². The number of anilines is 3. The lowest BCUT2D eigenvalue weighted by Gasteiger charge is -2.27. The SMILES string of the molecule is O=C(Nc1ccc(F)cc1)Nc1cccc(Oc2ccc3ncc(N4CCOCC4)nc3c2)c1. The average molecular weight is 459 g/mol. The van der Waals surface area contributed by atoms with E-state index < -0.39 is 6.03 Å². The van der Waals surface area contributed by atoms with Crippen molar-refractivity contribution in [2.75, 3.05) is 41.8 Å². The maximum atomic E-state index is 13.0. The zero-order chi connectivity index (χ0) is 23.3. The van der Waals surface area contributed by atoms with Crippen molar-refractivity contribution >= 4 is 34.3 Å². The molecule has 1 fully saturated rings. The maximum Gasteiger partial charge on any atom is 0.323 e. The summed E-state index contributed by atoms with van der Waals surface area (Å²) in [6.45, 7) is 2.92. The number of halogens is 1. The Labute approximate surface area is 195 Å². The standard InChI is InChI=1S/C25H22FN5O3/c26-17-4-6-18(7-5-17)28-25(32)29-19-2-1-3-20(14-19)34-21-8-9-22-23(15-21)30-24(16-27-22)31-10-12-33-13-11-31/h1-9,14-16H,10-13H2,(H2,28,29,32). The topological polar surface area (TPSA) is 88.6 Å². The van der Waals surface area contributed by atoms with Gasteiger partial charge in [0.2, 0.25) is 0 Å². The Hall–Kier alpha value is -4.24. The second-order valence-electron chi connectivity index (χ2n) is 7.69. The van der Waals surface area contributed by atoms with Crippen molar-refractivity contribution in [2.24, 2.45) is 0 Å². The molecule has 1 aromatic heterocycles. The number of urea groups is 1. The Bertz CT molecular complexity index is 1310. The third kappa shape index (κ3) is 5.21. The van der Waals surface area contributed by atoms with Gasteiger partial charge in [-0.25, -0.2) is 14.2 Å². The minimum absolute atomic E-state index is 0.368. The Morgan fingerprint density at radius 1 is 0.912 bits per heavy atom. The molecular weight excluding hydrogens is 437 g/mol. The first-order chi connectivity index (χ1) is 16.6. The van der Waals surface area contributed by atoms with Gasteiger partial charge in [0.1, 0.15) is 23.1 Å². The molecule has 1 aliphatic rings. The van der Waals surface area contributed by atoms with Gasteiger partial charge in [-0.1, -0.05) is 6.07 Å². The van der Waals surface area contributed by atoms with Crippen molar-refractivity contribution in [3.63, 3.8) is 0 Å². The van der Waals surface area contributed by atoms with E-state index in [0.717, 1.165) is 29.9 Å². The number of nitrogens with one attached hydrogen (secondary N) is 2. The molecule has 2 amide bonds. The summed E-state index contributed by atoms with van der Waals surface area (Å²) < 4.78 is 24.4. The molecule has 0 spiro atoms. The molecule has 0 saturated carbocycles. The van der Waals surface area contributed by atoms with Crippen LogP contribution in [0.2, 0.25) is 0 Å². The number of ether oxygens (including phenoxy) is 2. The zero-order valence-corrected chi connectivity index (χ0v) is 18.2. The van der Waals surface area contributed by atoms with Crippen LogP contribution in [-0.2, 0) is 4.74 Å². The fourth-order valence-electron chi connectivity index (χ4n) is 3.59. The third-order valence-corrected chi connectivity index (χ3v) is 5.27. The number of nitrogens with zero attached hydrogens (tertiary/aromatic N) is 3. The van der Waals surface area contributed by atoms with E-state index in [4.69, 9.17) is 14.5 Å². The quantitative estimate of drug-likeness (QED) is 0.435. The molecule has 8 nitrogen and oxygen atoms in total. The minimum Gasteiger partial charge on any atom is -0.457 e. The highest BCUT2D eigenvalue weighted by molar-refractivity contribution is 5.99. The molecule has 1 aliphatic heterocycles. The van der Waals surface area contributed by atoms with Crippen LogP contribution in [0, 0.1) is 5.82 Å². The van der Waals surface area contributed by atoms with Crippen LogP contribution < -0.4 is 20.3 Å². The molecule has 172 valence electrons. The van der Waals surface area contributed by atoms with Gasteiger partial charge in [0.15, 0.2) is 0 Å². The number of fused-ring (bicyclic) bond motifs is 1. The lowest BCUT2D eigenvalue weighted by atomic mass is 10.2. The second-order valence-corrected chi connectivity index (χ2v) is 7.69. The first-order valence-electron chi connectivity index (χ1n) is 10.8. The number of amides is 2. The Morgan fingerprint density at radius 3 is 2.50 bits per heavy atom. The zero-order valence-electron chi connectivity index (χ0n) is 18.2. The Morgan fingerprint density at radius 2 is 1.68 bits per heavy atom. The van der Waals surface area contributed by atoms with Crippen LogP contribution in [-0.4, -0.2) is 42.3 Å². The molecule has 2 heterocycles. The van der Waals surface area contributed by atoms with E-state index in [0.29, 0.717) is 36.1 Å². The fraction of sp³-hybridized carbons (Fsp3) is 0.160. The van der Waals surface area contributed by atoms with Crippen molar-refractivity contribution < 1.29 is 18.7 Å². The minimum atomic E-state index is -0.444. The normalized spacial score (nSPS) is 13.5. The summed E-state index contributed by atoms with van der Waals surface area (Å²) >= 11 is 0. The largest absolute Gasteiger partial charge is 0.457 e. The number of benzene rings is 3. The molecule has 0 atom stereocenters. The number of carbonyl (C=O) groups is 1. The average Bonchev–Trinajstić information content (AvgIpc) is 2.86. The lowest BCUT2D eigenvalue weighted by Crippen LogP contribution is -2.36. The van der Waals surface area contributed by atoms with Crippen molar-refractivity contribution in [2.45, 2.75) is 0 Å². The first kappa shape index (κ1) is 21.6. The molecule has 5 rings (SSSR count). The number of aromatic nitrogens is 2. The predicted octanol–water partition coefficient (Wildman–Crippen LogP) is 5.04. The highest BCUT2D eigenvalue weighted by Gasteiger charge is 2.14. The molecule has 1 saturated heterocycles. The number of morpholine rings is 1. The highest BCUT2D eigenvalue weighted by atomic mass is 19.1. The van der Waals surface area contributed by atoms with Gasteiger partial charge >= 0.3 is 6.03 Å². The van der Waals surface area contributed by atoms with Crippen molar-refractivity contribution in [3.8, 4) is 11.5 Å². The Balaban J connectivity index is 1.28. The molecule has 9 heteroatoms. The van der Waals surface area contributed by atoms with Gasteiger partial charge in [-0.3, -0.25) is 4.98 Å². The van der Waals surface area contributed by atoms with Gasteiger partial charge in [-0.15, -0.1) is 0 Å². The van der Waals surface area contributed by atoms with Crippen molar-refractivity contribution in [3.05, 3.63) is 78.7 Å². The van der Waals surface area contributed by atoms with Crippen LogP contribution >= 0.6 is 0 Å². The molecule has 0 aliphatic carbocycles. The van der Waals surface area contributed by atoms with Gasteiger partial charge in [0.25, 0.3) is 0 Å². The van der Waals surface area contributed by atoms with E-state index in [-0.39, 0.29) is 5.82 Å². The van der Waals surface area contributed by atoms with Gasteiger partial charge in [0, 0.05) is 36.6 Å². The summed E-state index contributed by atoms with van der Waals surface area (Å²) in [5, 5.41) is 5.40. The number of hydrogen-bond donors (Lipinski definition) is 2. The van der Waals surface area contributed by atoms with Crippen LogP contribution in [0.1, 0.15) is 0 Å². The summed E-state index contributed by atoms with van der Waals surface area (Å²) in [6, 6.07) is 17.7. The molecule has 4 aromatic rings. The van der Waals surface area contributed by atoms with E-state index in [9.17, 15) is 9.18 Å². The van der Waals surface area contributed by atoms with Crippen LogP contribution in [0.4, 0.5) is 26.4 Å². The lowest BCUT2D eigenvalue weighted by molar-refractivity contribution is 0.122. The van der Waals surface area contributed by atoms with E-state index >= 15 is 0 Å². The number of rotatable bonds is 5. The van der Waals surface area contributed by atoms with Crippen molar-refractivity contribution in [1.29, 1.82) is 0 Å². The fourth-order valence-corrected chi connectivity index (χ4v) is 3.59. The molecule has 0 radical (unpaired) electrons. The Kier molecular flexibility index (Phi) is 6.17. The monoisotopic (exact) mass is 459 g/mol.